The van der Waals surface area contributed by atoms with Gasteiger partial charge >= 0.3 is 5.97 Å². The highest BCUT2D eigenvalue weighted by Gasteiger charge is 2.34. The van der Waals surface area contributed by atoms with Crippen molar-refractivity contribution < 1.29 is 24.0 Å². The number of hydrogen-bond donors (Lipinski definition) is 1. The minimum absolute atomic E-state index is 0.00963. The van der Waals surface area contributed by atoms with Crippen LogP contribution >= 0.6 is 0 Å². The van der Waals surface area contributed by atoms with Gasteiger partial charge in [0, 0.05) is 19.8 Å². The van der Waals surface area contributed by atoms with Gasteiger partial charge in [-0.15, -0.1) is 0 Å². The van der Waals surface area contributed by atoms with Crippen LogP contribution in [-0.4, -0.2) is 30.0 Å². The molecule has 0 fully saturated rings. The predicted octanol–water partition coefficient (Wildman–Crippen LogP) is 1.46. The third-order valence-electron chi connectivity index (χ3n) is 3.17. The zero-order valence-corrected chi connectivity index (χ0v) is 13.2. The highest BCUT2D eigenvalue weighted by molar-refractivity contribution is 6.23. The van der Waals surface area contributed by atoms with Crippen molar-refractivity contribution in [3.05, 3.63) is 11.3 Å². The molecule has 0 bridgehead atoms. The molecule has 122 valence electrons. The third kappa shape index (κ3) is 4.68. The molecule has 22 heavy (non-hydrogen) atoms. The van der Waals surface area contributed by atoms with Crippen molar-refractivity contribution in [3.63, 3.8) is 0 Å². The summed E-state index contributed by atoms with van der Waals surface area (Å²) in [6.07, 6.45) is 1.36. The summed E-state index contributed by atoms with van der Waals surface area (Å²) in [4.78, 5) is 40.1. The topological polar surface area (TPSA) is 108 Å². The van der Waals surface area contributed by atoms with Crippen molar-refractivity contribution in [3.8, 4) is 0 Å². The summed E-state index contributed by atoms with van der Waals surface area (Å²) in [5.41, 5.74) is 5.95. The summed E-state index contributed by atoms with van der Waals surface area (Å²) in [7, 11) is 0. The average molecular weight is 310 g/mol. The van der Waals surface area contributed by atoms with Crippen LogP contribution in [0.4, 0.5) is 0 Å². The summed E-state index contributed by atoms with van der Waals surface area (Å²) in [6.45, 7) is 5.32. The van der Waals surface area contributed by atoms with Crippen LogP contribution in [0.2, 0.25) is 0 Å². The van der Waals surface area contributed by atoms with E-state index in [2.05, 4.69) is 5.16 Å². The Labute approximate surface area is 129 Å². The zero-order chi connectivity index (χ0) is 16.7. The molecule has 2 N–H and O–H groups in total. The average Bonchev–Trinajstić information content (AvgIpc) is 2.43. The van der Waals surface area contributed by atoms with E-state index in [4.69, 9.17) is 15.3 Å². The van der Waals surface area contributed by atoms with Crippen molar-refractivity contribution in [1.29, 1.82) is 0 Å². The minimum atomic E-state index is -0.666. The Kier molecular flexibility index (Phi) is 6.75. The van der Waals surface area contributed by atoms with Crippen molar-refractivity contribution in [1.82, 2.24) is 0 Å². The monoisotopic (exact) mass is 310 g/mol. The SMILES string of the molecule is CCCC(=NOCC)C1=C(OC(C)=O)CC(C(N)=O)CC1=O. The minimum Gasteiger partial charge on any atom is -0.430 e. The van der Waals surface area contributed by atoms with Crippen molar-refractivity contribution in [2.75, 3.05) is 6.61 Å². The Morgan fingerprint density at radius 2 is 2.00 bits per heavy atom. The van der Waals surface area contributed by atoms with Gasteiger partial charge in [-0.05, 0) is 13.3 Å². The number of nitrogens with two attached hydrogens (primary N) is 1. The van der Waals surface area contributed by atoms with Gasteiger partial charge in [-0.1, -0.05) is 18.5 Å². The number of ketones is 1. The molecule has 0 radical (unpaired) electrons. The smallest absolute Gasteiger partial charge is 0.307 e. The molecular formula is C15H22N2O5. The summed E-state index contributed by atoms with van der Waals surface area (Å²) in [5.74, 6) is -1.97. The van der Waals surface area contributed by atoms with Gasteiger partial charge in [-0.25, -0.2) is 0 Å². The summed E-state index contributed by atoms with van der Waals surface area (Å²) < 4.78 is 5.14. The van der Waals surface area contributed by atoms with E-state index in [0.29, 0.717) is 18.7 Å². The molecule has 1 rings (SSSR count). The fourth-order valence-electron chi connectivity index (χ4n) is 2.26. The van der Waals surface area contributed by atoms with Crippen molar-refractivity contribution >= 4 is 23.4 Å². The molecule has 0 aliphatic heterocycles. The number of rotatable bonds is 7. The number of carbonyl (C=O) groups is 3. The van der Waals surface area contributed by atoms with Crippen LogP contribution in [0, 0.1) is 5.92 Å². The van der Waals surface area contributed by atoms with E-state index >= 15 is 0 Å². The molecule has 1 aliphatic rings. The number of allylic oxidation sites excluding steroid dienone is 2. The van der Waals surface area contributed by atoms with Gasteiger partial charge in [-0.2, -0.15) is 0 Å². The maximum atomic E-state index is 12.4. The Morgan fingerprint density at radius 1 is 1.32 bits per heavy atom. The quantitative estimate of drug-likeness (QED) is 0.435. The van der Waals surface area contributed by atoms with E-state index < -0.39 is 17.8 Å². The molecule has 1 amide bonds. The van der Waals surface area contributed by atoms with E-state index in [1.165, 1.54) is 6.92 Å². The second kappa shape index (κ2) is 8.31. The first-order chi connectivity index (χ1) is 10.4. The Hall–Kier alpha value is -2.18. The van der Waals surface area contributed by atoms with E-state index in [1.54, 1.807) is 6.92 Å². The molecule has 0 aromatic rings. The van der Waals surface area contributed by atoms with Gasteiger partial charge in [0.2, 0.25) is 5.91 Å². The van der Waals surface area contributed by atoms with Crippen molar-refractivity contribution in [2.24, 2.45) is 16.8 Å². The first kappa shape index (κ1) is 17.9. The molecule has 0 heterocycles. The zero-order valence-electron chi connectivity index (χ0n) is 13.2. The Bertz CT molecular complexity index is 522. The van der Waals surface area contributed by atoms with Crippen LogP contribution in [0.1, 0.15) is 46.5 Å². The molecule has 7 nitrogen and oxygen atoms in total. The number of Topliss-reactive ketones (excluding diaryl/α,β-unsaturated/α-hetero) is 1. The van der Waals surface area contributed by atoms with Gasteiger partial charge in [0.25, 0.3) is 0 Å². The molecule has 1 atom stereocenters. The molecule has 0 saturated carbocycles. The van der Waals surface area contributed by atoms with Crippen LogP contribution in [0.15, 0.2) is 16.5 Å². The van der Waals surface area contributed by atoms with E-state index in [0.717, 1.165) is 6.42 Å². The number of nitrogens with zero attached hydrogens (tertiary/aromatic N) is 1. The molecule has 1 aliphatic carbocycles. The van der Waals surface area contributed by atoms with Crippen LogP contribution in [0.25, 0.3) is 0 Å². The van der Waals surface area contributed by atoms with Crippen LogP contribution in [0.5, 0.6) is 0 Å². The normalized spacial score (nSPS) is 19.1. The second-order valence-electron chi connectivity index (χ2n) is 5.03. The number of amides is 1. The fraction of sp³-hybridized carbons (Fsp3) is 0.600. The molecule has 0 spiro atoms. The number of carbonyl (C=O) groups excluding carboxylic acids is 3. The third-order valence-corrected chi connectivity index (χ3v) is 3.17. The molecule has 0 aromatic carbocycles. The largest absolute Gasteiger partial charge is 0.430 e. The van der Waals surface area contributed by atoms with Gasteiger partial charge in [-0.3, -0.25) is 14.4 Å². The molecule has 1 unspecified atom stereocenters. The van der Waals surface area contributed by atoms with Gasteiger partial charge < -0.3 is 15.3 Å². The second-order valence-corrected chi connectivity index (χ2v) is 5.03. The molecular weight excluding hydrogens is 288 g/mol. The van der Waals surface area contributed by atoms with E-state index in [9.17, 15) is 14.4 Å². The lowest BCUT2D eigenvalue weighted by Gasteiger charge is -2.24. The molecule has 0 saturated heterocycles. The standard InChI is InChI=1S/C15H22N2O5/c1-4-6-11(17-21-5-2)14-12(19)7-10(15(16)20)8-13(14)22-9(3)18/h10H,4-8H2,1-3H3,(H2,16,20). The lowest BCUT2D eigenvalue weighted by Crippen LogP contribution is -2.33. The lowest BCUT2D eigenvalue weighted by molar-refractivity contribution is -0.138. The lowest BCUT2D eigenvalue weighted by atomic mass is 9.84. The predicted molar refractivity (Wildman–Crippen MR) is 79.7 cm³/mol. The Balaban J connectivity index is 3.27. The highest BCUT2D eigenvalue weighted by atomic mass is 16.6. The highest BCUT2D eigenvalue weighted by Crippen LogP contribution is 2.30. The summed E-state index contributed by atoms with van der Waals surface area (Å²) in [6, 6.07) is 0. The summed E-state index contributed by atoms with van der Waals surface area (Å²) >= 11 is 0. The first-order valence-electron chi connectivity index (χ1n) is 7.33. The number of primary amides is 1. The number of ether oxygens (including phenoxy) is 1. The maximum Gasteiger partial charge on any atom is 0.307 e. The number of esters is 1. The molecule has 0 aromatic heterocycles. The fourth-order valence-corrected chi connectivity index (χ4v) is 2.26. The maximum absolute atomic E-state index is 12.4. The van der Waals surface area contributed by atoms with Gasteiger partial charge in [0.1, 0.15) is 12.4 Å². The number of oxime groups is 1. The molecule has 7 heteroatoms. The summed E-state index contributed by atoms with van der Waals surface area (Å²) in [5, 5.41) is 3.96. The van der Waals surface area contributed by atoms with Crippen LogP contribution < -0.4 is 5.73 Å². The van der Waals surface area contributed by atoms with E-state index in [-0.39, 0.29) is 30.0 Å². The van der Waals surface area contributed by atoms with Gasteiger partial charge in [0.15, 0.2) is 5.78 Å². The van der Waals surface area contributed by atoms with Crippen molar-refractivity contribution in [2.45, 2.75) is 46.5 Å². The Morgan fingerprint density at radius 3 is 2.50 bits per heavy atom. The first-order valence-corrected chi connectivity index (χ1v) is 7.33. The van der Waals surface area contributed by atoms with E-state index in [1.807, 2.05) is 6.92 Å². The van der Waals surface area contributed by atoms with Gasteiger partial charge in [0.05, 0.1) is 17.2 Å². The number of hydrogen-bond acceptors (Lipinski definition) is 6. The van der Waals surface area contributed by atoms with Crippen LogP contribution in [-0.2, 0) is 24.0 Å². The van der Waals surface area contributed by atoms with Crippen LogP contribution in [0.3, 0.4) is 0 Å².